The van der Waals surface area contributed by atoms with E-state index in [1.54, 1.807) is 31.4 Å². The molecule has 1 aromatic heterocycles. The SMILES string of the molecule is CCC1C(O)=C(C(=O)Nc2cccc(Sc3ncc(N4CCC(C)(C)CC4)nc3N)c2Cl)C(=O)N1C. The number of nitrogens with two attached hydrogens (primary N) is 1. The molecule has 2 aromatic rings. The number of benzene rings is 1. The molecule has 2 aliphatic rings. The number of likely N-dealkylation sites (N-methyl/N-ethyl adjacent to an activating group) is 1. The number of halogens is 1. The fourth-order valence-corrected chi connectivity index (χ4v) is 5.49. The number of carbonyl (C=O) groups is 2. The number of aromatic nitrogens is 2. The van der Waals surface area contributed by atoms with E-state index in [-0.39, 0.29) is 16.4 Å². The molecule has 192 valence electrons. The Hall–Kier alpha value is -2.98. The number of hydrogen-bond acceptors (Lipinski definition) is 8. The van der Waals surface area contributed by atoms with E-state index in [0.717, 1.165) is 31.7 Å². The Morgan fingerprint density at radius 1 is 1.33 bits per heavy atom. The minimum absolute atomic E-state index is 0.232. The summed E-state index contributed by atoms with van der Waals surface area (Å²) in [6, 6.07) is 4.61. The quantitative estimate of drug-likeness (QED) is 0.466. The average Bonchev–Trinajstić information content (AvgIpc) is 3.05. The average molecular weight is 531 g/mol. The van der Waals surface area contributed by atoms with Gasteiger partial charge >= 0.3 is 0 Å². The summed E-state index contributed by atoms with van der Waals surface area (Å²) in [6.45, 7) is 8.19. The Morgan fingerprint density at radius 2 is 2.03 bits per heavy atom. The second-order valence-electron chi connectivity index (χ2n) is 9.84. The van der Waals surface area contributed by atoms with Gasteiger partial charge in [0.25, 0.3) is 11.8 Å². The molecule has 2 aliphatic heterocycles. The molecule has 36 heavy (non-hydrogen) atoms. The summed E-state index contributed by atoms with van der Waals surface area (Å²) in [7, 11) is 1.56. The van der Waals surface area contributed by atoms with Gasteiger partial charge in [0.1, 0.15) is 22.2 Å². The molecule has 1 aromatic carbocycles. The molecule has 4 N–H and O–H groups in total. The number of anilines is 3. The van der Waals surface area contributed by atoms with Gasteiger partial charge in [-0.3, -0.25) is 9.59 Å². The second kappa shape index (κ2) is 10.2. The van der Waals surface area contributed by atoms with E-state index in [2.05, 4.69) is 34.0 Å². The standard InChI is InChI=1S/C25H31ClN6O3S/c1-5-15-20(33)18(24(35)31(15)4)22(34)29-14-7-6-8-16(19(14)26)36-23-21(27)30-17(13-28-23)32-11-9-25(2,3)10-12-32/h6-8,13,15,33H,5,9-12H2,1-4H3,(H2,27,30)(H,29,34). The van der Waals surface area contributed by atoms with Crippen LogP contribution in [0, 0.1) is 5.41 Å². The Balaban J connectivity index is 1.50. The van der Waals surface area contributed by atoms with Gasteiger partial charge in [0.05, 0.1) is 22.9 Å². The van der Waals surface area contributed by atoms with Gasteiger partial charge in [-0.1, -0.05) is 50.2 Å². The molecular weight excluding hydrogens is 500 g/mol. The van der Waals surface area contributed by atoms with Gasteiger partial charge in [-0.05, 0) is 36.8 Å². The molecule has 1 unspecified atom stereocenters. The zero-order chi connectivity index (χ0) is 26.2. The Bertz CT molecular complexity index is 1220. The number of rotatable bonds is 6. The molecule has 0 bridgehead atoms. The Kier molecular flexibility index (Phi) is 7.38. The van der Waals surface area contributed by atoms with Crippen LogP contribution < -0.4 is 16.0 Å². The zero-order valence-electron chi connectivity index (χ0n) is 20.8. The van der Waals surface area contributed by atoms with Gasteiger partial charge < -0.3 is 26.0 Å². The van der Waals surface area contributed by atoms with Gasteiger partial charge in [0.15, 0.2) is 5.82 Å². The molecule has 0 saturated carbocycles. The van der Waals surface area contributed by atoms with Gasteiger partial charge in [0, 0.05) is 25.0 Å². The summed E-state index contributed by atoms with van der Waals surface area (Å²) in [6.07, 6.45) is 4.37. The first-order chi connectivity index (χ1) is 17.0. The fraction of sp³-hybridized carbons (Fsp3) is 0.440. The van der Waals surface area contributed by atoms with Crippen LogP contribution in [0.3, 0.4) is 0 Å². The highest BCUT2D eigenvalue weighted by atomic mass is 35.5. The first kappa shape index (κ1) is 26.1. The molecule has 4 rings (SSSR count). The van der Waals surface area contributed by atoms with Gasteiger partial charge in [-0.25, -0.2) is 9.97 Å². The van der Waals surface area contributed by atoms with E-state index < -0.39 is 17.9 Å². The van der Waals surface area contributed by atoms with Crippen molar-refractivity contribution >= 4 is 52.5 Å². The molecular formula is C25H31ClN6O3S. The molecule has 1 fully saturated rings. The van der Waals surface area contributed by atoms with Crippen molar-refractivity contribution in [3.8, 4) is 0 Å². The van der Waals surface area contributed by atoms with Crippen LogP contribution in [0.5, 0.6) is 0 Å². The number of carbonyl (C=O) groups excluding carboxylic acids is 2. The first-order valence-corrected chi connectivity index (χ1v) is 13.1. The van der Waals surface area contributed by atoms with Crippen LogP contribution in [-0.2, 0) is 9.59 Å². The number of aliphatic hydroxyl groups is 1. The van der Waals surface area contributed by atoms with E-state index in [0.29, 0.717) is 33.3 Å². The minimum Gasteiger partial charge on any atom is -0.509 e. The lowest BCUT2D eigenvalue weighted by Gasteiger charge is -2.37. The topological polar surface area (TPSA) is 125 Å². The van der Waals surface area contributed by atoms with Crippen LogP contribution in [0.25, 0.3) is 0 Å². The van der Waals surface area contributed by atoms with Crippen LogP contribution >= 0.6 is 23.4 Å². The molecule has 0 radical (unpaired) electrons. The molecule has 1 saturated heterocycles. The van der Waals surface area contributed by atoms with Gasteiger partial charge in [-0.15, -0.1) is 0 Å². The van der Waals surface area contributed by atoms with Crippen molar-refractivity contribution in [2.24, 2.45) is 5.41 Å². The summed E-state index contributed by atoms with van der Waals surface area (Å²) in [4.78, 5) is 38.6. The lowest BCUT2D eigenvalue weighted by atomic mass is 9.83. The van der Waals surface area contributed by atoms with Crippen LogP contribution in [-0.4, -0.2) is 58.0 Å². The van der Waals surface area contributed by atoms with Gasteiger partial charge in [0.2, 0.25) is 0 Å². The predicted molar refractivity (Wildman–Crippen MR) is 142 cm³/mol. The van der Waals surface area contributed by atoms with Crippen LogP contribution in [0.1, 0.15) is 40.0 Å². The molecule has 2 amide bonds. The first-order valence-electron chi connectivity index (χ1n) is 11.9. The Morgan fingerprint density at radius 3 is 2.64 bits per heavy atom. The summed E-state index contributed by atoms with van der Waals surface area (Å²) in [5.74, 6) is -0.418. The molecule has 3 heterocycles. The number of piperidine rings is 1. The minimum atomic E-state index is -0.710. The fourth-order valence-electron chi connectivity index (χ4n) is 4.39. The molecule has 0 spiro atoms. The van der Waals surface area contributed by atoms with E-state index in [1.807, 2.05) is 6.92 Å². The number of amides is 2. The van der Waals surface area contributed by atoms with Crippen molar-refractivity contribution in [1.82, 2.24) is 14.9 Å². The summed E-state index contributed by atoms with van der Waals surface area (Å²) < 4.78 is 0. The van der Waals surface area contributed by atoms with Crippen molar-refractivity contribution in [3.63, 3.8) is 0 Å². The predicted octanol–water partition coefficient (Wildman–Crippen LogP) is 4.49. The zero-order valence-corrected chi connectivity index (χ0v) is 22.4. The maximum atomic E-state index is 12.9. The summed E-state index contributed by atoms with van der Waals surface area (Å²) in [5.41, 5.74) is 6.60. The van der Waals surface area contributed by atoms with Crippen LogP contribution in [0.4, 0.5) is 17.3 Å². The van der Waals surface area contributed by atoms with Crippen molar-refractivity contribution in [2.45, 2.75) is 56.0 Å². The van der Waals surface area contributed by atoms with Crippen LogP contribution in [0.2, 0.25) is 5.02 Å². The van der Waals surface area contributed by atoms with E-state index in [1.165, 1.54) is 16.7 Å². The van der Waals surface area contributed by atoms with Crippen molar-refractivity contribution in [1.29, 1.82) is 0 Å². The van der Waals surface area contributed by atoms with E-state index in [4.69, 9.17) is 17.3 Å². The number of nitrogens with zero attached hydrogens (tertiary/aromatic N) is 4. The van der Waals surface area contributed by atoms with Crippen molar-refractivity contribution in [3.05, 3.63) is 40.8 Å². The van der Waals surface area contributed by atoms with E-state index >= 15 is 0 Å². The Labute approximate surface area is 220 Å². The summed E-state index contributed by atoms with van der Waals surface area (Å²) in [5, 5.41) is 13.8. The number of hydrogen-bond donors (Lipinski definition) is 3. The van der Waals surface area contributed by atoms with Crippen molar-refractivity contribution < 1.29 is 14.7 Å². The molecule has 11 heteroatoms. The lowest BCUT2D eigenvalue weighted by Crippen LogP contribution is -2.37. The number of nitrogen functional groups attached to an aromatic ring is 1. The highest BCUT2D eigenvalue weighted by Gasteiger charge is 2.39. The smallest absolute Gasteiger partial charge is 0.264 e. The largest absolute Gasteiger partial charge is 0.509 e. The third-order valence-corrected chi connectivity index (χ3v) is 8.39. The number of nitrogens with one attached hydrogen (secondary N) is 1. The lowest BCUT2D eigenvalue weighted by molar-refractivity contribution is -0.127. The third-order valence-electron chi connectivity index (χ3n) is 6.80. The highest BCUT2D eigenvalue weighted by molar-refractivity contribution is 7.99. The third kappa shape index (κ3) is 5.10. The van der Waals surface area contributed by atoms with E-state index in [9.17, 15) is 14.7 Å². The van der Waals surface area contributed by atoms with Gasteiger partial charge in [-0.2, -0.15) is 0 Å². The number of aliphatic hydroxyl groups excluding tert-OH is 1. The second-order valence-corrected chi connectivity index (χ2v) is 11.3. The maximum absolute atomic E-state index is 12.9. The van der Waals surface area contributed by atoms with Crippen molar-refractivity contribution in [2.75, 3.05) is 36.1 Å². The summed E-state index contributed by atoms with van der Waals surface area (Å²) >= 11 is 7.83. The molecule has 1 atom stereocenters. The molecule has 0 aliphatic carbocycles. The monoisotopic (exact) mass is 530 g/mol. The molecule has 9 nitrogen and oxygen atoms in total. The highest BCUT2D eigenvalue weighted by Crippen LogP contribution is 2.39. The maximum Gasteiger partial charge on any atom is 0.264 e. The van der Waals surface area contributed by atoms with Crippen LogP contribution in [0.15, 0.2) is 45.6 Å². The normalized spacial score (nSPS) is 19.7.